The second-order valence-corrected chi connectivity index (χ2v) is 6.17. The van der Waals surface area contributed by atoms with Crippen LogP contribution in [0.1, 0.15) is 37.3 Å². The molecule has 0 aromatic carbocycles. The SMILES string of the molecule is C[C@H]1OCCN[C@@H]1C(=O)N1CCn2c(nnc2C2CC2)C1.Cl.Cl. The molecule has 3 heterocycles. The number of halogens is 2. The minimum atomic E-state index is -0.240. The van der Waals surface area contributed by atoms with Gasteiger partial charge in [-0.25, -0.2) is 0 Å². The predicted molar refractivity (Wildman–Crippen MR) is 89.1 cm³/mol. The molecule has 1 aliphatic carbocycles. The molecule has 1 aromatic heterocycles. The number of rotatable bonds is 2. The summed E-state index contributed by atoms with van der Waals surface area (Å²) in [6, 6.07) is -0.240. The third-order valence-electron chi connectivity index (χ3n) is 4.62. The van der Waals surface area contributed by atoms with Gasteiger partial charge in [0.15, 0.2) is 5.82 Å². The molecule has 0 unspecified atom stereocenters. The van der Waals surface area contributed by atoms with Gasteiger partial charge in [-0.05, 0) is 19.8 Å². The number of ether oxygens (including phenoxy) is 1. The van der Waals surface area contributed by atoms with Crippen LogP contribution in [0.5, 0.6) is 0 Å². The van der Waals surface area contributed by atoms with Gasteiger partial charge in [0.1, 0.15) is 11.9 Å². The summed E-state index contributed by atoms with van der Waals surface area (Å²) in [5, 5.41) is 11.9. The van der Waals surface area contributed by atoms with E-state index in [0.717, 1.165) is 31.3 Å². The van der Waals surface area contributed by atoms with Gasteiger partial charge in [-0.1, -0.05) is 0 Å². The zero-order chi connectivity index (χ0) is 14.4. The van der Waals surface area contributed by atoms with Gasteiger partial charge in [0.2, 0.25) is 5.91 Å². The van der Waals surface area contributed by atoms with E-state index >= 15 is 0 Å². The Hall–Kier alpha value is -0.890. The lowest BCUT2D eigenvalue weighted by Crippen LogP contribution is -2.57. The summed E-state index contributed by atoms with van der Waals surface area (Å²) in [4.78, 5) is 14.5. The maximum Gasteiger partial charge on any atom is 0.242 e. The van der Waals surface area contributed by atoms with Crippen molar-refractivity contribution in [2.45, 2.75) is 50.9 Å². The molecule has 1 saturated heterocycles. The molecule has 3 aliphatic rings. The summed E-state index contributed by atoms with van der Waals surface area (Å²) >= 11 is 0. The second kappa shape index (κ2) is 7.34. The molecule has 1 amide bonds. The highest BCUT2D eigenvalue weighted by atomic mass is 35.5. The Labute approximate surface area is 148 Å². The smallest absolute Gasteiger partial charge is 0.242 e. The van der Waals surface area contributed by atoms with Gasteiger partial charge in [-0.2, -0.15) is 0 Å². The van der Waals surface area contributed by atoms with Crippen molar-refractivity contribution in [2.24, 2.45) is 0 Å². The van der Waals surface area contributed by atoms with Crippen LogP contribution in [-0.2, 0) is 22.6 Å². The van der Waals surface area contributed by atoms with Crippen molar-refractivity contribution >= 4 is 30.7 Å². The molecule has 130 valence electrons. The molecule has 1 N–H and O–H groups in total. The average Bonchev–Trinajstić information content (AvgIpc) is 3.26. The number of hydrogen-bond donors (Lipinski definition) is 1. The number of carbonyl (C=O) groups is 1. The lowest BCUT2D eigenvalue weighted by atomic mass is 10.1. The van der Waals surface area contributed by atoms with E-state index in [1.807, 2.05) is 11.8 Å². The summed E-state index contributed by atoms with van der Waals surface area (Å²) < 4.78 is 7.78. The molecule has 23 heavy (non-hydrogen) atoms. The van der Waals surface area contributed by atoms with Crippen LogP contribution in [0.4, 0.5) is 0 Å². The lowest BCUT2D eigenvalue weighted by Gasteiger charge is -2.35. The average molecular weight is 364 g/mol. The van der Waals surface area contributed by atoms with Crippen LogP contribution in [0.15, 0.2) is 0 Å². The summed E-state index contributed by atoms with van der Waals surface area (Å²) in [5.74, 6) is 2.75. The first-order valence-electron chi connectivity index (χ1n) is 7.80. The minimum Gasteiger partial charge on any atom is -0.375 e. The van der Waals surface area contributed by atoms with Gasteiger partial charge in [-0.3, -0.25) is 4.79 Å². The van der Waals surface area contributed by atoms with Gasteiger partial charge in [0.05, 0.1) is 19.3 Å². The molecular formula is C14H23Cl2N5O2. The Morgan fingerprint density at radius 3 is 2.74 bits per heavy atom. The van der Waals surface area contributed by atoms with Crippen molar-refractivity contribution < 1.29 is 9.53 Å². The van der Waals surface area contributed by atoms with Crippen LogP contribution in [0, 0.1) is 0 Å². The van der Waals surface area contributed by atoms with E-state index in [1.54, 1.807) is 0 Å². The van der Waals surface area contributed by atoms with Crippen molar-refractivity contribution in [2.75, 3.05) is 19.7 Å². The number of fused-ring (bicyclic) bond motifs is 1. The normalized spacial score (nSPS) is 26.7. The topological polar surface area (TPSA) is 72.3 Å². The maximum atomic E-state index is 12.7. The van der Waals surface area contributed by atoms with Gasteiger partial charge in [-0.15, -0.1) is 35.0 Å². The van der Waals surface area contributed by atoms with Crippen LogP contribution >= 0.6 is 24.8 Å². The van der Waals surface area contributed by atoms with E-state index in [0.29, 0.717) is 19.1 Å². The number of nitrogens with zero attached hydrogens (tertiary/aromatic N) is 4. The van der Waals surface area contributed by atoms with Crippen molar-refractivity contribution in [1.29, 1.82) is 0 Å². The van der Waals surface area contributed by atoms with E-state index in [9.17, 15) is 4.79 Å². The molecular weight excluding hydrogens is 341 g/mol. The zero-order valence-corrected chi connectivity index (χ0v) is 14.7. The van der Waals surface area contributed by atoms with Gasteiger partial charge in [0, 0.05) is 25.6 Å². The first-order chi connectivity index (χ1) is 10.2. The fraction of sp³-hybridized carbons (Fsp3) is 0.786. The zero-order valence-electron chi connectivity index (χ0n) is 13.1. The highest BCUT2D eigenvalue weighted by molar-refractivity contribution is 5.85. The van der Waals surface area contributed by atoms with E-state index in [2.05, 4.69) is 20.1 Å². The fourth-order valence-electron chi connectivity index (χ4n) is 3.22. The predicted octanol–water partition coefficient (Wildman–Crippen LogP) is 0.718. The number of amides is 1. The number of carbonyl (C=O) groups excluding carboxylic acids is 1. The summed E-state index contributed by atoms with van der Waals surface area (Å²) in [5.41, 5.74) is 0. The van der Waals surface area contributed by atoms with E-state index in [-0.39, 0.29) is 42.9 Å². The molecule has 4 rings (SSSR count). The molecule has 2 fully saturated rings. The third-order valence-corrected chi connectivity index (χ3v) is 4.62. The van der Waals surface area contributed by atoms with Gasteiger partial charge >= 0.3 is 0 Å². The third kappa shape index (κ3) is 3.47. The van der Waals surface area contributed by atoms with Crippen LogP contribution in [-0.4, -0.2) is 57.4 Å². The van der Waals surface area contributed by atoms with E-state index < -0.39 is 0 Å². The number of nitrogens with one attached hydrogen (secondary N) is 1. The Morgan fingerprint density at radius 1 is 1.26 bits per heavy atom. The molecule has 1 saturated carbocycles. The van der Waals surface area contributed by atoms with Crippen LogP contribution < -0.4 is 5.32 Å². The molecule has 9 heteroatoms. The number of morpholine rings is 1. The largest absolute Gasteiger partial charge is 0.375 e. The van der Waals surface area contributed by atoms with E-state index in [1.165, 1.54) is 12.8 Å². The first-order valence-corrected chi connectivity index (χ1v) is 7.80. The fourth-order valence-corrected chi connectivity index (χ4v) is 3.22. The molecule has 7 nitrogen and oxygen atoms in total. The Morgan fingerprint density at radius 2 is 2.04 bits per heavy atom. The minimum absolute atomic E-state index is 0. The highest BCUT2D eigenvalue weighted by Gasteiger charge is 2.36. The van der Waals surface area contributed by atoms with Gasteiger partial charge < -0.3 is 19.5 Å². The maximum absolute atomic E-state index is 12.7. The van der Waals surface area contributed by atoms with Crippen molar-refractivity contribution in [3.8, 4) is 0 Å². The van der Waals surface area contributed by atoms with Crippen molar-refractivity contribution in [3.63, 3.8) is 0 Å². The molecule has 0 radical (unpaired) electrons. The Balaban J connectivity index is 0.000000960. The van der Waals surface area contributed by atoms with Crippen LogP contribution in [0.2, 0.25) is 0 Å². The molecule has 2 atom stereocenters. The standard InChI is InChI=1S/C14H21N5O2.2ClH/c1-9-12(15-4-7-21-9)14(20)18-5-6-19-11(8-18)16-17-13(19)10-2-3-10;;/h9-10,12,15H,2-8H2,1H3;2*1H/t9-,12+;;/m1../s1. The van der Waals surface area contributed by atoms with Crippen LogP contribution in [0.3, 0.4) is 0 Å². The molecule has 0 bridgehead atoms. The summed E-state index contributed by atoms with van der Waals surface area (Å²) in [6.07, 6.45) is 2.37. The summed E-state index contributed by atoms with van der Waals surface area (Å²) in [7, 11) is 0. The Bertz CT molecular complexity index is 563. The monoisotopic (exact) mass is 363 g/mol. The lowest BCUT2D eigenvalue weighted by molar-refractivity contribution is -0.141. The quantitative estimate of drug-likeness (QED) is 0.837. The number of hydrogen-bond acceptors (Lipinski definition) is 5. The van der Waals surface area contributed by atoms with Gasteiger partial charge in [0.25, 0.3) is 0 Å². The van der Waals surface area contributed by atoms with Crippen LogP contribution in [0.25, 0.3) is 0 Å². The van der Waals surface area contributed by atoms with Crippen molar-refractivity contribution in [3.05, 3.63) is 11.6 Å². The number of aromatic nitrogens is 3. The molecule has 1 aromatic rings. The first kappa shape index (κ1) is 18.4. The highest BCUT2D eigenvalue weighted by Crippen LogP contribution is 2.39. The Kier molecular flexibility index (Phi) is 5.89. The van der Waals surface area contributed by atoms with E-state index in [4.69, 9.17) is 4.74 Å². The summed E-state index contributed by atoms with van der Waals surface area (Å²) in [6.45, 7) is 5.45. The van der Waals surface area contributed by atoms with Crippen molar-refractivity contribution in [1.82, 2.24) is 25.0 Å². The second-order valence-electron chi connectivity index (χ2n) is 6.17. The molecule has 2 aliphatic heterocycles. The molecule has 0 spiro atoms.